The number of benzene rings is 1. The van der Waals surface area contributed by atoms with Crippen molar-refractivity contribution in [2.45, 2.75) is 51.0 Å². The Hall–Kier alpha value is -0.930. The number of fused-ring (bicyclic) bond motifs is 1. The topological polar surface area (TPSA) is 46.2 Å². The lowest BCUT2D eigenvalue weighted by Crippen LogP contribution is -2.51. The van der Waals surface area contributed by atoms with E-state index in [0.29, 0.717) is 18.9 Å². The van der Waals surface area contributed by atoms with Crippen molar-refractivity contribution in [3.63, 3.8) is 0 Å². The molecule has 1 aromatic rings. The van der Waals surface area contributed by atoms with E-state index in [1.807, 2.05) is 0 Å². The SMILES string of the molecule is CC1CCC(CN)(C2(O)CCc3cc(F)ccc32)CC1. The maximum atomic E-state index is 13.4. The fraction of sp³-hybridized carbons (Fsp3) is 0.647. The minimum Gasteiger partial charge on any atom is -0.385 e. The Bertz CT molecular complexity index is 508. The molecule has 1 aromatic carbocycles. The van der Waals surface area contributed by atoms with Crippen LogP contribution in [0.1, 0.15) is 50.2 Å². The van der Waals surface area contributed by atoms with Crippen LogP contribution >= 0.6 is 0 Å². The molecule has 1 fully saturated rings. The first kappa shape index (κ1) is 14.0. The Labute approximate surface area is 120 Å². The van der Waals surface area contributed by atoms with E-state index in [2.05, 4.69) is 6.92 Å². The third kappa shape index (κ3) is 1.91. The van der Waals surface area contributed by atoms with Gasteiger partial charge in [0.15, 0.2) is 0 Å². The second-order valence-corrected chi connectivity index (χ2v) is 6.83. The zero-order valence-corrected chi connectivity index (χ0v) is 12.2. The number of hydrogen-bond acceptors (Lipinski definition) is 2. The molecule has 2 aliphatic rings. The van der Waals surface area contributed by atoms with Gasteiger partial charge in [-0.05, 0) is 54.9 Å². The molecule has 0 spiro atoms. The average Bonchev–Trinajstić information content (AvgIpc) is 2.78. The minimum atomic E-state index is -0.870. The summed E-state index contributed by atoms with van der Waals surface area (Å²) in [5.41, 5.74) is 6.87. The van der Waals surface area contributed by atoms with Crippen molar-refractivity contribution in [3.8, 4) is 0 Å². The monoisotopic (exact) mass is 277 g/mol. The number of hydrogen-bond donors (Lipinski definition) is 2. The van der Waals surface area contributed by atoms with Gasteiger partial charge in [0.2, 0.25) is 0 Å². The van der Waals surface area contributed by atoms with Crippen molar-refractivity contribution in [2.24, 2.45) is 17.1 Å². The summed E-state index contributed by atoms with van der Waals surface area (Å²) >= 11 is 0. The maximum Gasteiger partial charge on any atom is 0.123 e. The van der Waals surface area contributed by atoms with Crippen LogP contribution in [0.2, 0.25) is 0 Å². The average molecular weight is 277 g/mol. The van der Waals surface area contributed by atoms with Gasteiger partial charge < -0.3 is 10.8 Å². The van der Waals surface area contributed by atoms with Gasteiger partial charge in [0, 0.05) is 12.0 Å². The standard InChI is InChI=1S/C17H24FNO/c1-12-4-7-16(11-19,8-5-12)17(20)9-6-13-10-14(18)2-3-15(13)17/h2-3,10,12,20H,4-9,11,19H2,1H3. The largest absolute Gasteiger partial charge is 0.385 e. The zero-order chi connectivity index (χ0) is 14.4. The van der Waals surface area contributed by atoms with Gasteiger partial charge in [-0.3, -0.25) is 0 Å². The van der Waals surface area contributed by atoms with E-state index in [4.69, 9.17) is 5.73 Å². The predicted octanol–water partition coefficient (Wildman–Crippen LogP) is 3.11. The van der Waals surface area contributed by atoms with Crippen LogP contribution < -0.4 is 5.73 Å². The maximum absolute atomic E-state index is 13.4. The van der Waals surface area contributed by atoms with Crippen LogP contribution in [0.3, 0.4) is 0 Å². The first-order valence-corrected chi connectivity index (χ1v) is 7.72. The summed E-state index contributed by atoms with van der Waals surface area (Å²) in [5.74, 6) is 0.499. The quantitative estimate of drug-likeness (QED) is 0.872. The number of aliphatic hydroxyl groups is 1. The van der Waals surface area contributed by atoms with Crippen LogP contribution in [-0.2, 0) is 12.0 Å². The Morgan fingerprint density at radius 1 is 1.30 bits per heavy atom. The molecule has 20 heavy (non-hydrogen) atoms. The normalized spacial score (nSPS) is 36.9. The number of nitrogens with two attached hydrogens (primary N) is 1. The van der Waals surface area contributed by atoms with Crippen LogP contribution in [0.5, 0.6) is 0 Å². The number of aryl methyl sites for hydroxylation is 1. The highest BCUT2D eigenvalue weighted by atomic mass is 19.1. The lowest BCUT2D eigenvalue weighted by molar-refractivity contribution is -0.109. The van der Waals surface area contributed by atoms with Crippen LogP contribution in [0.25, 0.3) is 0 Å². The number of halogens is 1. The highest BCUT2D eigenvalue weighted by Crippen LogP contribution is 2.55. The Morgan fingerprint density at radius 3 is 2.65 bits per heavy atom. The molecule has 0 aromatic heterocycles. The molecule has 110 valence electrons. The Balaban J connectivity index is 2.01. The second-order valence-electron chi connectivity index (χ2n) is 6.83. The summed E-state index contributed by atoms with van der Waals surface area (Å²) in [7, 11) is 0. The molecule has 0 heterocycles. The van der Waals surface area contributed by atoms with Crippen molar-refractivity contribution in [3.05, 3.63) is 35.1 Å². The summed E-state index contributed by atoms with van der Waals surface area (Å²) in [6.07, 6.45) is 5.61. The second kappa shape index (κ2) is 4.81. The van der Waals surface area contributed by atoms with Crippen LogP contribution in [-0.4, -0.2) is 11.7 Å². The number of rotatable bonds is 2. The molecule has 0 aliphatic heterocycles. The van der Waals surface area contributed by atoms with E-state index < -0.39 is 5.60 Å². The van der Waals surface area contributed by atoms with Gasteiger partial charge in [0.25, 0.3) is 0 Å². The van der Waals surface area contributed by atoms with E-state index in [-0.39, 0.29) is 11.2 Å². The van der Waals surface area contributed by atoms with Crippen LogP contribution in [0, 0.1) is 17.2 Å². The lowest BCUT2D eigenvalue weighted by atomic mass is 9.59. The van der Waals surface area contributed by atoms with E-state index in [0.717, 1.165) is 43.2 Å². The zero-order valence-electron chi connectivity index (χ0n) is 12.2. The molecule has 3 heteroatoms. The predicted molar refractivity (Wildman–Crippen MR) is 77.7 cm³/mol. The summed E-state index contributed by atoms with van der Waals surface area (Å²) < 4.78 is 13.4. The summed E-state index contributed by atoms with van der Waals surface area (Å²) in [6, 6.07) is 4.81. The molecule has 0 amide bonds. The Morgan fingerprint density at radius 2 is 2.00 bits per heavy atom. The summed E-state index contributed by atoms with van der Waals surface area (Å²) in [6.45, 7) is 2.77. The van der Waals surface area contributed by atoms with Gasteiger partial charge >= 0.3 is 0 Å². The third-order valence-corrected chi connectivity index (χ3v) is 5.77. The van der Waals surface area contributed by atoms with E-state index in [1.54, 1.807) is 12.1 Å². The van der Waals surface area contributed by atoms with Gasteiger partial charge in [-0.2, -0.15) is 0 Å². The first-order valence-electron chi connectivity index (χ1n) is 7.72. The molecular formula is C17H24FNO. The molecular weight excluding hydrogens is 253 g/mol. The highest BCUT2D eigenvalue weighted by Gasteiger charge is 2.54. The van der Waals surface area contributed by atoms with Gasteiger partial charge in [-0.1, -0.05) is 25.8 Å². The van der Waals surface area contributed by atoms with Gasteiger partial charge in [-0.15, -0.1) is 0 Å². The fourth-order valence-corrected chi connectivity index (χ4v) is 4.27. The summed E-state index contributed by atoms with van der Waals surface area (Å²) in [5, 5.41) is 11.4. The molecule has 1 atom stereocenters. The fourth-order valence-electron chi connectivity index (χ4n) is 4.27. The summed E-state index contributed by atoms with van der Waals surface area (Å²) in [4.78, 5) is 0. The Kier molecular flexibility index (Phi) is 3.38. The molecule has 3 N–H and O–H groups in total. The highest BCUT2D eigenvalue weighted by molar-refractivity contribution is 5.40. The van der Waals surface area contributed by atoms with E-state index in [1.165, 1.54) is 6.07 Å². The molecule has 0 saturated heterocycles. The van der Waals surface area contributed by atoms with Crippen molar-refractivity contribution in [1.29, 1.82) is 0 Å². The molecule has 0 radical (unpaired) electrons. The lowest BCUT2D eigenvalue weighted by Gasteiger charge is -2.49. The third-order valence-electron chi connectivity index (χ3n) is 5.77. The first-order chi connectivity index (χ1) is 9.51. The molecule has 2 nitrogen and oxygen atoms in total. The molecule has 2 aliphatic carbocycles. The van der Waals surface area contributed by atoms with Crippen LogP contribution in [0.15, 0.2) is 18.2 Å². The van der Waals surface area contributed by atoms with Gasteiger partial charge in [0.1, 0.15) is 5.82 Å². The van der Waals surface area contributed by atoms with Crippen molar-refractivity contribution < 1.29 is 9.50 Å². The van der Waals surface area contributed by atoms with E-state index >= 15 is 0 Å². The molecule has 1 unspecified atom stereocenters. The van der Waals surface area contributed by atoms with Crippen LogP contribution in [0.4, 0.5) is 4.39 Å². The molecule has 1 saturated carbocycles. The van der Waals surface area contributed by atoms with Gasteiger partial charge in [-0.25, -0.2) is 4.39 Å². The van der Waals surface area contributed by atoms with Crippen molar-refractivity contribution >= 4 is 0 Å². The van der Waals surface area contributed by atoms with Crippen molar-refractivity contribution in [2.75, 3.05) is 6.54 Å². The molecule has 0 bridgehead atoms. The minimum absolute atomic E-state index is 0.216. The van der Waals surface area contributed by atoms with Gasteiger partial charge in [0.05, 0.1) is 5.60 Å². The molecule has 3 rings (SSSR count). The van der Waals surface area contributed by atoms with E-state index in [9.17, 15) is 9.50 Å². The smallest absolute Gasteiger partial charge is 0.123 e. The van der Waals surface area contributed by atoms with Crippen molar-refractivity contribution in [1.82, 2.24) is 0 Å².